The molecule has 0 aromatic heterocycles. The summed E-state index contributed by atoms with van der Waals surface area (Å²) in [4.78, 5) is 0. The molecule has 0 heterocycles. The van der Waals surface area contributed by atoms with Crippen LogP contribution in [-0.4, -0.2) is 13.2 Å². The number of rotatable bonds is 7. The van der Waals surface area contributed by atoms with Gasteiger partial charge in [0.1, 0.15) is 0 Å². The summed E-state index contributed by atoms with van der Waals surface area (Å²) in [5.41, 5.74) is 0. The second-order valence-electron chi connectivity index (χ2n) is 2.42. The van der Waals surface area contributed by atoms with Gasteiger partial charge in [-0.3, -0.25) is 0 Å². The second-order valence-corrected chi connectivity index (χ2v) is 2.42. The van der Waals surface area contributed by atoms with Crippen LogP contribution < -0.4 is 0 Å². The molecule has 0 aliphatic carbocycles. The number of hydrogen-bond acceptors (Lipinski definition) is 2. The summed E-state index contributed by atoms with van der Waals surface area (Å²) in [6, 6.07) is 0. The van der Waals surface area contributed by atoms with Crippen molar-refractivity contribution in [1.82, 2.24) is 0 Å². The van der Waals surface area contributed by atoms with Gasteiger partial charge in [0.15, 0.2) is 0 Å². The van der Waals surface area contributed by atoms with Gasteiger partial charge in [0, 0.05) is 19.6 Å². The summed E-state index contributed by atoms with van der Waals surface area (Å²) >= 11 is 0. The van der Waals surface area contributed by atoms with Crippen LogP contribution in [-0.2, 0) is 9.47 Å². The Morgan fingerprint density at radius 2 is 1.36 bits per heavy atom. The van der Waals surface area contributed by atoms with Crippen molar-refractivity contribution in [2.45, 2.75) is 40.0 Å². The van der Waals surface area contributed by atoms with E-state index in [-0.39, 0.29) is 0 Å². The molecule has 67 valence electrons. The fraction of sp³-hybridized carbons (Fsp3) is 0.889. The molecular formula is C9H19O2. The molecule has 0 aromatic rings. The molecule has 0 unspecified atom stereocenters. The zero-order valence-corrected chi connectivity index (χ0v) is 7.85. The van der Waals surface area contributed by atoms with Gasteiger partial charge in [-0.1, -0.05) is 20.8 Å². The van der Waals surface area contributed by atoms with Crippen molar-refractivity contribution >= 4 is 0 Å². The zero-order chi connectivity index (χ0) is 8.53. The van der Waals surface area contributed by atoms with E-state index in [1.165, 1.54) is 0 Å². The molecule has 0 aliphatic rings. The van der Waals surface area contributed by atoms with E-state index in [1.807, 2.05) is 6.92 Å². The molecule has 0 saturated carbocycles. The predicted molar refractivity (Wildman–Crippen MR) is 46.0 cm³/mol. The van der Waals surface area contributed by atoms with Crippen LogP contribution in [0, 0.1) is 6.29 Å². The van der Waals surface area contributed by atoms with Crippen molar-refractivity contribution in [1.29, 1.82) is 0 Å². The lowest BCUT2D eigenvalue weighted by molar-refractivity contribution is -0.0483. The molecule has 2 heteroatoms. The Kier molecular flexibility index (Phi) is 7.96. The minimum atomic E-state index is 0.771. The molecular weight excluding hydrogens is 140 g/mol. The van der Waals surface area contributed by atoms with Crippen LogP contribution in [0.2, 0.25) is 0 Å². The van der Waals surface area contributed by atoms with Gasteiger partial charge in [0.05, 0.1) is 0 Å². The van der Waals surface area contributed by atoms with Crippen molar-refractivity contribution in [3.8, 4) is 0 Å². The van der Waals surface area contributed by atoms with Gasteiger partial charge in [-0.25, -0.2) is 0 Å². The van der Waals surface area contributed by atoms with Gasteiger partial charge in [-0.2, -0.15) is 0 Å². The van der Waals surface area contributed by atoms with Crippen LogP contribution >= 0.6 is 0 Å². The maximum absolute atomic E-state index is 5.34. The third-order valence-corrected chi connectivity index (χ3v) is 1.22. The summed E-state index contributed by atoms with van der Waals surface area (Å²) < 4.78 is 10.7. The largest absolute Gasteiger partial charge is 0.345 e. The highest BCUT2D eigenvalue weighted by atomic mass is 16.7. The average Bonchev–Trinajstić information content (AvgIpc) is 2.05. The maximum Gasteiger partial charge on any atom is 0.223 e. The Bertz CT molecular complexity index is 66.0. The minimum Gasteiger partial charge on any atom is -0.345 e. The molecule has 0 fully saturated rings. The van der Waals surface area contributed by atoms with Gasteiger partial charge >= 0.3 is 0 Å². The maximum atomic E-state index is 5.34. The fourth-order valence-corrected chi connectivity index (χ4v) is 0.678. The molecule has 0 aliphatic heterocycles. The van der Waals surface area contributed by atoms with E-state index in [0.717, 1.165) is 38.8 Å². The average molecular weight is 159 g/mol. The fourth-order valence-electron chi connectivity index (χ4n) is 0.678. The van der Waals surface area contributed by atoms with Crippen molar-refractivity contribution in [3.63, 3.8) is 0 Å². The summed E-state index contributed by atoms with van der Waals surface area (Å²) in [5.74, 6) is 0. The zero-order valence-electron chi connectivity index (χ0n) is 7.85. The Labute approximate surface area is 69.9 Å². The first-order valence-electron chi connectivity index (χ1n) is 4.46. The van der Waals surface area contributed by atoms with Crippen LogP contribution in [0.1, 0.15) is 40.0 Å². The molecule has 2 nitrogen and oxygen atoms in total. The lowest BCUT2D eigenvalue weighted by Gasteiger charge is -2.13. The number of ether oxygens (including phenoxy) is 2. The van der Waals surface area contributed by atoms with Crippen LogP contribution in [0.4, 0.5) is 0 Å². The third kappa shape index (κ3) is 6.32. The minimum absolute atomic E-state index is 0.771. The summed E-state index contributed by atoms with van der Waals surface area (Å²) in [6.45, 7) is 7.76. The quantitative estimate of drug-likeness (QED) is 0.568. The predicted octanol–water partition coefficient (Wildman–Crippen LogP) is 2.74. The second kappa shape index (κ2) is 8.02. The van der Waals surface area contributed by atoms with Crippen molar-refractivity contribution in [3.05, 3.63) is 6.29 Å². The van der Waals surface area contributed by atoms with Gasteiger partial charge in [0.25, 0.3) is 0 Å². The van der Waals surface area contributed by atoms with E-state index < -0.39 is 0 Å². The molecule has 0 bridgehead atoms. The Morgan fingerprint density at radius 3 is 1.64 bits per heavy atom. The summed E-state index contributed by atoms with van der Waals surface area (Å²) in [7, 11) is 0. The van der Waals surface area contributed by atoms with Crippen LogP contribution in [0.5, 0.6) is 0 Å². The van der Waals surface area contributed by atoms with Crippen LogP contribution in [0.15, 0.2) is 0 Å². The molecule has 0 spiro atoms. The standard InChI is InChI=1S/C9H19O2/c1-4-7-10-9(6-3)11-8-5-2/h4-8H2,1-3H3. The van der Waals surface area contributed by atoms with Gasteiger partial charge < -0.3 is 9.47 Å². The third-order valence-electron chi connectivity index (χ3n) is 1.22. The molecule has 11 heavy (non-hydrogen) atoms. The van der Waals surface area contributed by atoms with Crippen molar-refractivity contribution in [2.75, 3.05) is 13.2 Å². The Morgan fingerprint density at radius 1 is 0.909 bits per heavy atom. The number of hydrogen-bond donors (Lipinski definition) is 0. The topological polar surface area (TPSA) is 18.5 Å². The van der Waals surface area contributed by atoms with E-state index >= 15 is 0 Å². The molecule has 1 radical (unpaired) electrons. The van der Waals surface area contributed by atoms with Gasteiger partial charge in [-0.05, 0) is 12.8 Å². The van der Waals surface area contributed by atoms with Crippen molar-refractivity contribution < 1.29 is 9.47 Å². The van der Waals surface area contributed by atoms with Gasteiger partial charge in [-0.15, -0.1) is 0 Å². The van der Waals surface area contributed by atoms with Crippen molar-refractivity contribution in [2.24, 2.45) is 0 Å². The Hall–Kier alpha value is -0.0800. The van der Waals surface area contributed by atoms with Crippen LogP contribution in [0.3, 0.4) is 0 Å². The molecule has 0 atom stereocenters. The first-order chi connectivity index (χ1) is 5.35. The summed E-state index contributed by atoms with van der Waals surface area (Å²) in [5, 5.41) is 0. The van der Waals surface area contributed by atoms with E-state index in [0.29, 0.717) is 0 Å². The molecule has 0 N–H and O–H groups in total. The highest BCUT2D eigenvalue weighted by Crippen LogP contribution is 2.09. The SMILES string of the molecule is CCCO[C](CC)OCCC. The Balaban J connectivity index is 3.25. The molecule has 0 amide bonds. The lowest BCUT2D eigenvalue weighted by Crippen LogP contribution is -2.08. The van der Waals surface area contributed by atoms with Gasteiger partial charge in [0.2, 0.25) is 6.29 Å². The monoisotopic (exact) mass is 159 g/mol. The normalized spacial score (nSPS) is 10.9. The highest BCUT2D eigenvalue weighted by Gasteiger charge is 2.06. The van der Waals surface area contributed by atoms with E-state index in [9.17, 15) is 0 Å². The smallest absolute Gasteiger partial charge is 0.223 e. The van der Waals surface area contributed by atoms with E-state index in [1.54, 1.807) is 0 Å². The summed E-state index contributed by atoms with van der Waals surface area (Å²) in [6.07, 6.45) is 3.73. The first kappa shape index (κ1) is 10.9. The van der Waals surface area contributed by atoms with E-state index in [4.69, 9.17) is 9.47 Å². The molecule has 0 aromatic carbocycles. The van der Waals surface area contributed by atoms with Crippen LogP contribution in [0.25, 0.3) is 0 Å². The molecule has 0 saturated heterocycles. The first-order valence-corrected chi connectivity index (χ1v) is 4.46. The lowest BCUT2D eigenvalue weighted by atomic mass is 10.4. The highest BCUT2D eigenvalue weighted by molar-refractivity contribution is 4.60. The van der Waals surface area contributed by atoms with E-state index in [2.05, 4.69) is 13.8 Å². The molecule has 0 rings (SSSR count).